The van der Waals surface area contributed by atoms with E-state index in [1.54, 1.807) is 89.2 Å². The summed E-state index contributed by atoms with van der Waals surface area (Å²) in [5, 5.41) is 0. The molecule has 196 valence electrons. The number of allylic oxidation sites excluding steroid dienone is 1. The van der Waals surface area contributed by atoms with E-state index in [0.717, 1.165) is 5.56 Å². The fraction of sp³-hybridized carbons (Fsp3) is 0.679. The van der Waals surface area contributed by atoms with Gasteiger partial charge in [0.15, 0.2) is 0 Å². The van der Waals surface area contributed by atoms with Gasteiger partial charge in [0, 0.05) is 0 Å². The molecule has 0 aliphatic heterocycles. The van der Waals surface area contributed by atoms with Crippen LogP contribution < -0.4 is 0 Å². The Balaban J connectivity index is 0.000000330. The molecule has 3 fully saturated rings. The van der Waals surface area contributed by atoms with Crippen LogP contribution >= 0.6 is 7.92 Å². The Labute approximate surface area is 225 Å². The summed E-state index contributed by atoms with van der Waals surface area (Å²) < 4.78 is 31.2. The number of rotatable bonds is 4. The van der Waals surface area contributed by atoms with E-state index in [0.29, 0.717) is 7.92 Å². The fourth-order valence-corrected chi connectivity index (χ4v) is 10.9. The van der Waals surface area contributed by atoms with Crippen LogP contribution in [-0.4, -0.2) is 29.9 Å². The van der Waals surface area contributed by atoms with Crippen LogP contribution in [0.3, 0.4) is 0 Å². The first-order chi connectivity index (χ1) is 15.9. The van der Waals surface area contributed by atoms with E-state index in [1.807, 2.05) is 6.92 Å². The van der Waals surface area contributed by atoms with Gasteiger partial charge in [0.05, 0.1) is 4.90 Å². The molecule has 0 atom stereocenters. The average molecular weight is 599 g/mol. The minimum Gasteiger partial charge on any atom is -0.744 e. The molecular formula is C28H45O3PPdS. The minimum absolute atomic E-state index is 0. The molecule has 4 rings (SSSR count). The van der Waals surface area contributed by atoms with E-state index < -0.39 is 10.1 Å². The van der Waals surface area contributed by atoms with Gasteiger partial charge >= 0.3 is 20.4 Å². The third-order valence-electron chi connectivity index (χ3n) is 7.30. The molecule has 0 unspecified atom stereocenters. The molecule has 0 N–H and O–H groups in total. The van der Waals surface area contributed by atoms with Gasteiger partial charge in [-0.15, -0.1) is 0 Å². The van der Waals surface area contributed by atoms with Gasteiger partial charge in [-0.2, -0.15) is 0 Å². The standard InChI is InChI=1S/C18H33P.C7H8O3S.C3H5.Pd/c1-4-10-16(11-5-1)19(17-12-6-2-7-13-17)18-14-8-3-9-15-18;1-6-2-4-7(5-3-6)11(8,9)10;1-3-2;/h16-18H,1-15H2;2-5H,1H3,(H,8,9,10);3H,1-2H2;/q;;-1;+2/p-1. The van der Waals surface area contributed by atoms with Crippen molar-refractivity contribution in [2.24, 2.45) is 0 Å². The molecule has 3 aliphatic rings. The predicted octanol–water partition coefficient (Wildman–Crippen LogP) is 8.37. The van der Waals surface area contributed by atoms with E-state index in [4.69, 9.17) is 0 Å². The first-order valence-electron chi connectivity index (χ1n) is 13.1. The zero-order valence-corrected chi connectivity index (χ0v) is 24.3. The van der Waals surface area contributed by atoms with Crippen LogP contribution in [-0.2, 0) is 30.5 Å². The second-order valence-electron chi connectivity index (χ2n) is 9.88. The van der Waals surface area contributed by atoms with Crippen molar-refractivity contribution >= 4 is 18.0 Å². The van der Waals surface area contributed by atoms with Crippen molar-refractivity contribution in [3.8, 4) is 0 Å². The fourth-order valence-electron chi connectivity index (χ4n) is 5.74. The van der Waals surface area contributed by atoms with Crippen molar-refractivity contribution in [3.63, 3.8) is 0 Å². The second-order valence-corrected chi connectivity index (χ2v) is 14.3. The average Bonchev–Trinajstić information content (AvgIpc) is 2.82. The Morgan fingerprint density at radius 3 is 1.35 bits per heavy atom. The molecule has 1 aromatic carbocycles. The van der Waals surface area contributed by atoms with E-state index >= 15 is 0 Å². The zero-order valence-electron chi connectivity index (χ0n) is 21.0. The molecule has 6 heteroatoms. The van der Waals surface area contributed by atoms with Crippen molar-refractivity contribution in [2.45, 2.75) is 125 Å². The molecule has 0 spiro atoms. The number of hydrogen-bond donors (Lipinski definition) is 0. The molecule has 0 saturated heterocycles. The summed E-state index contributed by atoms with van der Waals surface area (Å²) >= 11 is 0. The quantitative estimate of drug-likeness (QED) is 0.151. The third-order valence-corrected chi connectivity index (χ3v) is 12.2. The Bertz CT molecular complexity index is 721. The smallest absolute Gasteiger partial charge is 0.744 e. The molecule has 3 aliphatic carbocycles. The normalized spacial score (nSPS) is 20.2. The van der Waals surface area contributed by atoms with Crippen molar-refractivity contribution in [3.05, 3.63) is 49.4 Å². The van der Waals surface area contributed by atoms with Gasteiger partial charge in [-0.1, -0.05) is 83.4 Å². The molecular weight excluding hydrogens is 554 g/mol. The Hall–Kier alpha value is -0.168. The van der Waals surface area contributed by atoms with Gasteiger partial charge in [0.2, 0.25) is 0 Å². The van der Waals surface area contributed by atoms with Crippen molar-refractivity contribution < 1.29 is 33.4 Å². The summed E-state index contributed by atoms with van der Waals surface area (Å²) in [6, 6.07) is 5.78. The second kappa shape index (κ2) is 17.3. The monoisotopic (exact) mass is 598 g/mol. The molecule has 0 amide bonds. The maximum Gasteiger partial charge on any atom is 2.00 e. The largest absolute Gasteiger partial charge is 2.00 e. The van der Waals surface area contributed by atoms with Crippen LogP contribution in [0.1, 0.15) is 102 Å². The SMILES string of the molecule is C1CCC(P(C2CCCCC2)C2CCCCC2)CC1.C=C[CH2-].Cc1ccc(S(=O)(=O)[O-])cc1.[Pd+2]. The summed E-state index contributed by atoms with van der Waals surface area (Å²) in [5.41, 5.74) is 4.50. The summed E-state index contributed by atoms with van der Waals surface area (Å²) in [6.45, 7) is 8.32. The van der Waals surface area contributed by atoms with Gasteiger partial charge in [0.1, 0.15) is 10.1 Å². The first kappa shape index (κ1) is 31.9. The first-order valence-corrected chi connectivity index (χ1v) is 16.0. The molecule has 3 nitrogen and oxygen atoms in total. The third kappa shape index (κ3) is 11.3. The summed E-state index contributed by atoms with van der Waals surface area (Å²) in [5.74, 6) is 0. The Kier molecular flexibility index (Phi) is 16.2. The predicted molar refractivity (Wildman–Crippen MR) is 142 cm³/mol. The maximum atomic E-state index is 10.4. The number of benzene rings is 1. The molecule has 34 heavy (non-hydrogen) atoms. The topological polar surface area (TPSA) is 57.2 Å². The molecule has 3 saturated carbocycles. The van der Waals surface area contributed by atoms with Crippen molar-refractivity contribution in [1.29, 1.82) is 0 Å². The van der Waals surface area contributed by atoms with Crippen LogP contribution in [0.5, 0.6) is 0 Å². The summed E-state index contributed by atoms with van der Waals surface area (Å²) in [6.07, 6.45) is 25.1. The summed E-state index contributed by atoms with van der Waals surface area (Å²) in [4.78, 5) is -0.178. The molecule has 0 heterocycles. The molecule has 0 aromatic heterocycles. The molecule has 1 aromatic rings. The van der Waals surface area contributed by atoms with Crippen LogP contribution in [0.2, 0.25) is 0 Å². The van der Waals surface area contributed by atoms with Gasteiger partial charge in [-0.3, -0.25) is 0 Å². The maximum absolute atomic E-state index is 10.4. The summed E-state index contributed by atoms with van der Waals surface area (Å²) in [7, 11) is -3.88. The minimum atomic E-state index is -4.27. The van der Waals surface area contributed by atoms with E-state index in [2.05, 4.69) is 13.5 Å². The van der Waals surface area contributed by atoms with E-state index in [-0.39, 0.29) is 25.3 Å². The van der Waals surface area contributed by atoms with Crippen molar-refractivity contribution in [2.75, 3.05) is 0 Å². The van der Waals surface area contributed by atoms with E-state index in [9.17, 15) is 13.0 Å². The van der Waals surface area contributed by atoms with Gasteiger partial charge in [0.25, 0.3) is 0 Å². The van der Waals surface area contributed by atoms with Crippen LogP contribution in [0, 0.1) is 13.8 Å². The van der Waals surface area contributed by atoms with Gasteiger partial charge in [-0.05, 0) is 74.6 Å². The number of aryl methyl sites for hydroxylation is 1. The Morgan fingerprint density at radius 1 is 0.794 bits per heavy atom. The zero-order chi connectivity index (χ0) is 24.1. The molecule has 0 bridgehead atoms. The van der Waals surface area contributed by atoms with E-state index in [1.165, 1.54) is 54.4 Å². The van der Waals surface area contributed by atoms with Gasteiger partial charge < -0.3 is 4.55 Å². The van der Waals surface area contributed by atoms with Crippen LogP contribution in [0.15, 0.2) is 41.8 Å². The Morgan fingerprint density at radius 2 is 1.09 bits per heavy atom. The molecule has 0 radical (unpaired) electrons. The van der Waals surface area contributed by atoms with Crippen molar-refractivity contribution in [1.82, 2.24) is 0 Å². The number of hydrogen-bond acceptors (Lipinski definition) is 3. The van der Waals surface area contributed by atoms with Gasteiger partial charge in [-0.25, -0.2) is 28.0 Å². The van der Waals surface area contributed by atoms with Crippen LogP contribution in [0.4, 0.5) is 0 Å². The van der Waals surface area contributed by atoms with Crippen LogP contribution in [0.25, 0.3) is 0 Å².